The highest BCUT2D eigenvalue weighted by atomic mass is 15.3. The third-order valence-electron chi connectivity index (χ3n) is 6.00. The molecule has 0 unspecified atom stereocenters. The van der Waals surface area contributed by atoms with Crippen molar-refractivity contribution in [1.82, 2.24) is 14.7 Å². The van der Waals surface area contributed by atoms with Gasteiger partial charge in [0.25, 0.3) is 0 Å². The summed E-state index contributed by atoms with van der Waals surface area (Å²) >= 11 is 0. The number of piperazine rings is 1. The van der Waals surface area contributed by atoms with Gasteiger partial charge in [-0.25, -0.2) is 0 Å². The topological polar surface area (TPSA) is 9.72 Å². The maximum Gasteiger partial charge on any atom is 0.0220 e. The number of likely N-dealkylation sites (N-methyl/N-ethyl adjacent to an activating group) is 1. The summed E-state index contributed by atoms with van der Waals surface area (Å²) in [5.41, 5.74) is 2.93. The summed E-state index contributed by atoms with van der Waals surface area (Å²) in [6, 6.07) is 9.99. The van der Waals surface area contributed by atoms with Crippen molar-refractivity contribution < 1.29 is 0 Å². The van der Waals surface area contributed by atoms with Crippen molar-refractivity contribution in [3.05, 3.63) is 35.4 Å². The van der Waals surface area contributed by atoms with Crippen LogP contribution in [0, 0.1) is 0 Å². The van der Waals surface area contributed by atoms with E-state index in [4.69, 9.17) is 0 Å². The summed E-state index contributed by atoms with van der Waals surface area (Å²) in [7, 11) is 2.31. The molecule has 3 heteroatoms. The lowest BCUT2D eigenvalue weighted by molar-refractivity contribution is 0.0850. The Kier molecular flexibility index (Phi) is 6.70. The highest BCUT2D eigenvalue weighted by molar-refractivity contribution is 5.22. The van der Waals surface area contributed by atoms with E-state index < -0.39 is 0 Å². The van der Waals surface area contributed by atoms with Crippen LogP contribution in [0.4, 0.5) is 0 Å². The van der Waals surface area contributed by atoms with E-state index in [9.17, 15) is 0 Å². The molecule has 0 aromatic heterocycles. The number of aryl methyl sites for hydroxylation is 1. The summed E-state index contributed by atoms with van der Waals surface area (Å²) in [5.74, 6) is 0. The Bertz CT molecular complexity index is 476. The highest BCUT2D eigenvalue weighted by Gasteiger charge is 2.24. The zero-order chi connectivity index (χ0) is 16.8. The largest absolute Gasteiger partial charge is 0.302 e. The van der Waals surface area contributed by atoms with E-state index in [1.807, 2.05) is 0 Å². The predicted octanol–water partition coefficient (Wildman–Crippen LogP) is 2.89. The highest BCUT2D eigenvalue weighted by Crippen LogP contribution is 2.17. The second kappa shape index (κ2) is 8.98. The first-order chi connectivity index (χ1) is 11.7. The molecule has 24 heavy (non-hydrogen) atoms. The fourth-order valence-electron chi connectivity index (χ4n) is 4.10. The SMILES string of the molecule is CCc1ccc(CCN2CCN(C[C@H]3CCCCN3C)CC2)cc1. The zero-order valence-electron chi connectivity index (χ0n) is 15.7. The molecule has 1 atom stereocenters. The van der Waals surface area contributed by atoms with Crippen LogP contribution in [0.1, 0.15) is 37.3 Å². The second-order valence-electron chi connectivity index (χ2n) is 7.69. The van der Waals surface area contributed by atoms with E-state index in [0.717, 1.165) is 12.5 Å². The number of hydrogen-bond donors (Lipinski definition) is 0. The number of rotatable bonds is 6. The molecule has 1 aromatic rings. The molecule has 3 nitrogen and oxygen atoms in total. The molecule has 0 spiro atoms. The molecule has 0 amide bonds. The third kappa shape index (κ3) is 5.05. The van der Waals surface area contributed by atoms with Gasteiger partial charge in [-0.3, -0.25) is 4.90 Å². The van der Waals surface area contributed by atoms with Crippen LogP contribution in [0.5, 0.6) is 0 Å². The quantitative estimate of drug-likeness (QED) is 0.794. The van der Waals surface area contributed by atoms with Crippen LogP contribution in [0.3, 0.4) is 0 Å². The maximum atomic E-state index is 2.69. The summed E-state index contributed by atoms with van der Waals surface area (Å²) in [6.45, 7) is 11.0. The van der Waals surface area contributed by atoms with Crippen molar-refractivity contribution >= 4 is 0 Å². The Labute approximate surface area is 148 Å². The van der Waals surface area contributed by atoms with Gasteiger partial charge >= 0.3 is 0 Å². The zero-order valence-corrected chi connectivity index (χ0v) is 15.7. The van der Waals surface area contributed by atoms with Crippen molar-refractivity contribution in [3.63, 3.8) is 0 Å². The molecule has 2 fully saturated rings. The lowest BCUT2D eigenvalue weighted by Crippen LogP contribution is -2.52. The molecule has 0 saturated carbocycles. The van der Waals surface area contributed by atoms with E-state index in [0.29, 0.717) is 0 Å². The van der Waals surface area contributed by atoms with Gasteiger partial charge in [0.15, 0.2) is 0 Å². The first-order valence-corrected chi connectivity index (χ1v) is 9.97. The number of hydrogen-bond acceptors (Lipinski definition) is 3. The number of piperidine rings is 1. The lowest BCUT2D eigenvalue weighted by atomic mass is 10.0. The van der Waals surface area contributed by atoms with Crippen molar-refractivity contribution in [2.45, 2.75) is 45.1 Å². The van der Waals surface area contributed by atoms with E-state index in [-0.39, 0.29) is 0 Å². The Morgan fingerprint density at radius 3 is 2.21 bits per heavy atom. The van der Waals surface area contributed by atoms with Crippen molar-refractivity contribution in [3.8, 4) is 0 Å². The average Bonchev–Trinajstić information content (AvgIpc) is 2.63. The van der Waals surface area contributed by atoms with Crippen LogP contribution in [0.2, 0.25) is 0 Å². The number of nitrogens with zero attached hydrogens (tertiary/aromatic N) is 3. The normalized spacial score (nSPS) is 24.3. The van der Waals surface area contributed by atoms with Gasteiger partial charge in [-0.2, -0.15) is 0 Å². The summed E-state index contributed by atoms with van der Waals surface area (Å²) in [6.07, 6.45) is 6.53. The van der Waals surface area contributed by atoms with Gasteiger partial charge in [0.1, 0.15) is 0 Å². The third-order valence-corrected chi connectivity index (χ3v) is 6.00. The molecular formula is C21H35N3. The van der Waals surface area contributed by atoms with Gasteiger partial charge in [-0.05, 0) is 50.4 Å². The molecule has 0 bridgehead atoms. The summed E-state index contributed by atoms with van der Waals surface area (Å²) in [4.78, 5) is 7.92. The van der Waals surface area contributed by atoms with Crippen molar-refractivity contribution in [2.24, 2.45) is 0 Å². The van der Waals surface area contributed by atoms with Crippen LogP contribution in [0.15, 0.2) is 24.3 Å². The molecule has 0 radical (unpaired) electrons. The van der Waals surface area contributed by atoms with Gasteiger partial charge < -0.3 is 9.80 Å². The Balaban J connectivity index is 1.37. The smallest absolute Gasteiger partial charge is 0.0220 e. The first-order valence-electron chi connectivity index (χ1n) is 9.97. The van der Waals surface area contributed by atoms with Crippen LogP contribution < -0.4 is 0 Å². The molecule has 0 aliphatic carbocycles. The fraction of sp³-hybridized carbons (Fsp3) is 0.714. The molecule has 2 aliphatic heterocycles. The van der Waals surface area contributed by atoms with Crippen molar-refractivity contribution in [1.29, 1.82) is 0 Å². The number of benzene rings is 1. The van der Waals surface area contributed by atoms with E-state index >= 15 is 0 Å². The summed E-state index contributed by atoms with van der Waals surface area (Å²) in [5, 5.41) is 0. The first kappa shape index (κ1) is 17.9. The Morgan fingerprint density at radius 2 is 1.54 bits per heavy atom. The Hall–Kier alpha value is -0.900. The van der Waals surface area contributed by atoms with Gasteiger partial charge in [0, 0.05) is 45.3 Å². The second-order valence-corrected chi connectivity index (χ2v) is 7.69. The van der Waals surface area contributed by atoms with Gasteiger partial charge in [-0.15, -0.1) is 0 Å². The van der Waals surface area contributed by atoms with Crippen molar-refractivity contribution in [2.75, 3.05) is 52.9 Å². The minimum atomic E-state index is 0.794. The van der Waals surface area contributed by atoms with Crippen LogP contribution in [-0.2, 0) is 12.8 Å². The molecule has 2 aliphatic rings. The monoisotopic (exact) mass is 329 g/mol. The molecule has 2 heterocycles. The molecule has 1 aromatic carbocycles. The average molecular weight is 330 g/mol. The molecule has 0 N–H and O–H groups in total. The van der Waals surface area contributed by atoms with Crippen LogP contribution >= 0.6 is 0 Å². The van der Waals surface area contributed by atoms with Crippen LogP contribution in [0.25, 0.3) is 0 Å². The molecule has 2 saturated heterocycles. The minimum absolute atomic E-state index is 0.794. The summed E-state index contributed by atoms with van der Waals surface area (Å²) < 4.78 is 0. The minimum Gasteiger partial charge on any atom is -0.302 e. The maximum absolute atomic E-state index is 2.69. The standard InChI is InChI=1S/C21H35N3/c1-3-19-7-9-20(10-8-19)11-13-23-14-16-24(17-15-23)18-21-6-4-5-12-22(21)2/h7-10,21H,3-6,11-18H2,1-2H3/t21-/m1/s1. The number of likely N-dealkylation sites (tertiary alicyclic amines) is 1. The molecule has 3 rings (SSSR count). The molecular weight excluding hydrogens is 294 g/mol. The van der Waals surface area contributed by atoms with Gasteiger partial charge in [-0.1, -0.05) is 37.6 Å². The van der Waals surface area contributed by atoms with Gasteiger partial charge in [0.05, 0.1) is 0 Å². The van der Waals surface area contributed by atoms with E-state index in [1.165, 1.54) is 82.6 Å². The van der Waals surface area contributed by atoms with Crippen LogP contribution in [-0.4, -0.2) is 73.6 Å². The van der Waals surface area contributed by atoms with Gasteiger partial charge in [0.2, 0.25) is 0 Å². The van der Waals surface area contributed by atoms with E-state index in [1.54, 1.807) is 0 Å². The fourth-order valence-corrected chi connectivity index (χ4v) is 4.10. The lowest BCUT2D eigenvalue weighted by Gasteiger charge is -2.40. The molecule has 134 valence electrons. The van der Waals surface area contributed by atoms with E-state index in [2.05, 4.69) is 52.9 Å². The Morgan fingerprint density at radius 1 is 0.875 bits per heavy atom. The predicted molar refractivity (Wildman–Crippen MR) is 103 cm³/mol.